The lowest BCUT2D eigenvalue weighted by Gasteiger charge is -2.22. The summed E-state index contributed by atoms with van der Waals surface area (Å²) in [5.41, 5.74) is 0.343. The molecule has 0 aliphatic carbocycles. The van der Waals surface area contributed by atoms with Gasteiger partial charge in [0.1, 0.15) is 10.3 Å². The molecule has 0 spiro atoms. The van der Waals surface area contributed by atoms with Gasteiger partial charge in [0.2, 0.25) is 0 Å². The van der Waals surface area contributed by atoms with Gasteiger partial charge in [0.25, 0.3) is 5.91 Å². The van der Waals surface area contributed by atoms with Crippen molar-refractivity contribution < 1.29 is 9.53 Å². The molecule has 104 valence electrons. The maximum atomic E-state index is 11.9. The van der Waals surface area contributed by atoms with Crippen molar-refractivity contribution in [1.82, 2.24) is 10.3 Å². The molecule has 1 fully saturated rings. The fraction of sp³-hybridized carbons (Fsp3) is 0.538. The molecule has 0 saturated carbocycles. The first-order valence-corrected chi connectivity index (χ1v) is 7.14. The SMILES string of the molecule is O=C(NCCC1CCCCO1)c1ccc(Cl)nc1Cl. The van der Waals surface area contributed by atoms with E-state index in [9.17, 15) is 4.79 Å². The van der Waals surface area contributed by atoms with E-state index in [-0.39, 0.29) is 22.3 Å². The second kappa shape index (κ2) is 7.08. The van der Waals surface area contributed by atoms with Gasteiger partial charge < -0.3 is 10.1 Å². The average Bonchev–Trinajstić information content (AvgIpc) is 2.39. The normalized spacial score (nSPS) is 19.2. The molecule has 4 nitrogen and oxygen atoms in total. The van der Waals surface area contributed by atoms with Crippen LogP contribution in [0, 0.1) is 0 Å². The zero-order chi connectivity index (χ0) is 13.7. The Morgan fingerprint density at radius 2 is 2.26 bits per heavy atom. The number of halogens is 2. The number of nitrogens with one attached hydrogen (secondary N) is 1. The first kappa shape index (κ1) is 14.6. The summed E-state index contributed by atoms with van der Waals surface area (Å²) in [6.07, 6.45) is 4.48. The third-order valence-corrected chi connectivity index (χ3v) is 3.58. The number of pyridine rings is 1. The fourth-order valence-electron chi connectivity index (χ4n) is 2.06. The zero-order valence-corrected chi connectivity index (χ0v) is 12.0. The molecule has 6 heteroatoms. The van der Waals surface area contributed by atoms with Crippen LogP contribution >= 0.6 is 23.2 Å². The standard InChI is InChI=1S/C13H16Cl2N2O2/c14-11-5-4-10(12(15)17-11)13(18)16-7-6-9-3-1-2-8-19-9/h4-5,9H,1-3,6-8H2,(H,16,18). The molecule has 2 heterocycles. The second-order valence-electron chi connectivity index (χ2n) is 4.51. The highest BCUT2D eigenvalue weighted by atomic mass is 35.5. The molecule has 0 bridgehead atoms. The Hall–Kier alpha value is -0.840. The summed E-state index contributed by atoms with van der Waals surface area (Å²) < 4.78 is 5.60. The molecule has 1 amide bonds. The number of carbonyl (C=O) groups excluding carboxylic acids is 1. The van der Waals surface area contributed by atoms with E-state index in [1.807, 2.05) is 0 Å². The van der Waals surface area contributed by atoms with Crippen molar-refractivity contribution in [2.45, 2.75) is 31.8 Å². The molecule has 0 aromatic carbocycles. The summed E-state index contributed by atoms with van der Waals surface area (Å²) in [5, 5.41) is 3.22. The Morgan fingerprint density at radius 1 is 1.42 bits per heavy atom. The van der Waals surface area contributed by atoms with Gasteiger partial charge >= 0.3 is 0 Å². The van der Waals surface area contributed by atoms with Crippen LogP contribution in [0.1, 0.15) is 36.0 Å². The number of hydrogen-bond acceptors (Lipinski definition) is 3. The molecule has 1 aliphatic heterocycles. The maximum absolute atomic E-state index is 11.9. The van der Waals surface area contributed by atoms with Gasteiger partial charge in [-0.05, 0) is 37.8 Å². The van der Waals surface area contributed by atoms with Gasteiger partial charge in [-0.2, -0.15) is 0 Å². The number of nitrogens with zero attached hydrogens (tertiary/aromatic N) is 1. The molecule has 1 saturated heterocycles. The predicted octanol–water partition coefficient (Wildman–Crippen LogP) is 3.08. The lowest BCUT2D eigenvalue weighted by Crippen LogP contribution is -2.29. The Kier molecular flexibility index (Phi) is 5.43. The molecule has 0 radical (unpaired) electrons. The lowest BCUT2D eigenvalue weighted by atomic mass is 10.1. The van der Waals surface area contributed by atoms with Gasteiger partial charge in [0, 0.05) is 13.2 Å². The topological polar surface area (TPSA) is 51.2 Å². The molecule has 1 atom stereocenters. The molecular formula is C13H16Cl2N2O2. The minimum absolute atomic E-state index is 0.124. The smallest absolute Gasteiger partial charge is 0.254 e. The highest BCUT2D eigenvalue weighted by Crippen LogP contribution is 2.17. The summed E-state index contributed by atoms with van der Waals surface area (Å²) in [4.78, 5) is 15.7. The second-order valence-corrected chi connectivity index (χ2v) is 5.25. The lowest BCUT2D eigenvalue weighted by molar-refractivity contribution is 0.0117. The van der Waals surface area contributed by atoms with Crippen molar-refractivity contribution in [2.24, 2.45) is 0 Å². The van der Waals surface area contributed by atoms with Crippen molar-refractivity contribution in [3.05, 3.63) is 28.0 Å². The number of hydrogen-bond donors (Lipinski definition) is 1. The molecule has 2 rings (SSSR count). The van der Waals surface area contributed by atoms with Gasteiger partial charge in [-0.25, -0.2) is 4.98 Å². The Labute approximate surface area is 122 Å². The number of amides is 1. The molecule has 1 unspecified atom stereocenters. The summed E-state index contributed by atoms with van der Waals surface area (Å²) in [6.45, 7) is 1.40. The first-order chi connectivity index (χ1) is 9.16. The van der Waals surface area contributed by atoms with E-state index >= 15 is 0 Å². The predicted molar refractivity (Wildman–Crippen MR) is 74.8 cm³/mol. The molecule has 1 aliphatic rings. The van der Waals surface area contributed by atoms with E-state index in [1.165, 1.54) is 6.42 Å². The van der Waals surface area contributed by atoms with Crippen LogP contribution in [0.3, 0.4) is 0 Å². The third-order valence-electron chi connectivity index (χ3n) is 3.09. The molecule has 1 N–H and O–H groups in total. The van der Waals surface area contributed by atoms with Gasteiger partial charge in [-0.1, -0.05) is 23.2 Å². The monoisotopic (exact) mass is 302 g/mol. The van der Waals surface area contributed by atoms with Crippen LogP contribution in [0.25, 0.3) is 0 Å². The fourth-order valence-corrected chi connectivity index (χ4v) is 2.49. The van der Waals surface area contributed by atoms with E-state index in [1.54, 1.807) is 12.1 Å². The van der Waals surface area contributed by atoms with Crippen molar-refractivity contribution in [2.75, 3.05) is 13.2 Å². The van der Waals surface area contributed by atoms with Gasteiger partial charge in [-0.3, -0.25) is 4.79 Å². The number of ether oxygens (including phenoxy) is 1. The molecular weight excluding hydrogens is 287 g/mol. The van der Waals surface area contributed by atoms with Crippen molar-refractivity contribution in [3.63, 3.8) is 0 Å². The third kappa shape index (κ3) is 4.34. The molecule has 1 aromatic heterocycles. The van der Waals surface area contributed by atoms with Gasteiger partial charge in [0.05, 0.1) is 11.7 Å². The van der Waals surface area contributed by atoms with E-state index in [0.717, 1.165) is 25.9 Å². The Bertz CT molecular complexity index is 448. The van der Waals surface area contributed by atoms with Crippen LogP contribution in [-0.4, -0.2) is 30.1 Å². The van der Waals surface area contributed by atoms with Gasteiger partial charge in [-0.15, -0.1) is 0 Å². The van der Waals surface area contributed by atoms with Crippen LogP contribution in [0.4, 0.5) is 0 Å². The van der Waals surface area contributed by atoms with Crippen LogP contribution in [0.5, 0.6) is 0 Å². The van der Waals surface area contributed by atoms with Crippen molar-refractivity contribution >= 4 is 29.1 Å². The Balaban J connectivity index is 1.80. The quantitative estimate of drug-likeness (QED) is 0.870. The van der Waals surface area contributed by atoms with E-state index in [4.69, 9.17) is 27.9 Å². The van der Waals surface area contributed by atoms with E-state index in [0.29, 0.717) is 12.1 Å². The van der Waals surface area contributed by atoms with Crippen LogP contribution in [0.15, 0.2) is 12.1 Å². The number of aromatic nitrogens is 1. The highest BCUT2D eigenvalue weighted by Gasteiger charge is 2.15. The molecule has 19 heavy (non-hydrogen) atoms. The minimum atomic E-state index is -0.232. The maximum Gasteiger partial charge on any atom is 0.254 e. The van der Waals surface area contributed by atoms with E-state index in [2.05, 4.69) is 10.3 Å². The number of carbonyl (C=O) groups is 1. The van der Waals surface area contributed by atoms with Crippen molar-refractivity contribution in [3.8, 4) is 0 Å². The summed E-state index contributed by atoms with van der Waals surface area (Å²) in [7, 11) is 0. The highest BCUT2D eigenvalue weighted by molar-refractivity contribution is 6.34. The summed E-state index contributed by atoms with van der Waals surface area (Å²) in [6, 6.07) is 3.12. The zero-order valence-electron chi connectivity index (χ0n) is 10.5. The summed E-state index contributed by atoms with van der Waals surface area (Å²) >= 11 is 11.6. The molecule has 1 aromatic rings. The Morgan fingerprint density at radius 3 is 2.95 bits per heavy atom. The minimum Gasteiger partial charge on any atom is -0.378 e. The summed E-state index contributed by atoms with van der Waals surface area (Å²) in [5.74, 6) is -0.232. The largest absolute Gasteiger partial charge is 0.378 e. The number of rotatable bonds is 4. The average molecular weight is 303 g/mol. The van der Waals surface area contributed by atoms with Crippen LogP contribution in [0.2, 0.25) is 10.3 Å². The van der Waals surface area contributed by atoms with Gasteiger partial charge in [0.15, 0.2) is 0 Å². The van der Waals surface area contributed by atoms with E-state index < -0.39 is 0 Å². The van der Waals surface area contributed by atoms with Crippen molar-refractivity contribution in [1.29, 1.82) is 0 Å². The van der Waals surface area contributed by atoms with Crippen LogP contribution < -0.4 is 5.32 Å². The van der Waals surface area contributed by atoms with Crippen LogP contribution in [-0.2, 0) is 4.74 Å². The first-order valence-electron chi connectivity index (χ1n) is 6.38.